The summed E-state index contributed by atoms with van der Waals surface area (Å²) in [7, 11) is 0. The number of hydrogen-bond acceptors (Lipinski definition) is 2. The molecule has 0 amide bonds. The molecule has 0 radical (unpaired) electrons. The molecule has 14 heavy (non-hydrogen) atoms. The molecule has 0 unspecified atom stereocenters. The standard InChI is InChI=1S/C11H10N2O/c14-7-2-1-4-9-5-3-6-11-10(9)8-12-13-11/h1,3-8H,2H2,(H,12,13). The van der Waals surface area contributed by atoms with E-state index in [4.69, 9.17) is 0 Å². The Balaban J connectivity index is 2.41. The van der Waals surface area contributed by atoms with E-state index in [2.05, 4.69) is 10.2 Å². The Bertz CT molecular complexity index is 471. The summed E-state index contributed by atoms with van der Waals surface area (Å²) in [6.07, 6.45) is 6.90. The molecular formula is C11H10N2O. The number of aldehydes is 1. The maximum absolute atomic E-state index is 10.1. The number of rotatable bonds is 3. The Labute approximate surface area is 81.4 Å². The number of aromatic amines is 1. The Morgan fingerprint density at radius 2 is 2.36 bits per heavy atom. The highest BCUT2D eigenvalue weighted by Crippen LogP contribution is 2.17. The summed E-state index contributed by atoms with van der Waals surface area (Å²) < 4.78 is 0. The zero-order valence-electron chi connectivity index (χ0n) is 7.60. The summed E-state index contributed by atoms with van der Waals surface area (Å²) in [6, 6.07) is 5.93. The van der Waals surface area contributed by atoms with Crippen LogP contribution in [0.2, 0.25) is 0 Å². The van der Waals surface area contributed by atoms with Crippen molar-refractivity contribution in [3.05, 3.63) is 36.0 Å². The molecule has 2 rings (SSSR count). The second-order valence-corrected chi connectivity index (χ2v) is 2.98. The molecule has 1 heterocycles. The van der Waals surface area contributed by atoms with Crippen LogP contribution in [0.5, 0.6) is 0 Å². The zero-order valence-corrected chi connectivity index (χ0v) is 7.60. The highest BCUT2D eigenvalue weighted by molar-refractivity contribution is 5.87. The van der Waals surface area contributed by atoms with Crippen molar-refractivity contribution in [1.29, 1.82) is 0 Å². The van der Waals surface area contributed by atoms with Gasteiger partial charge in [0.1, 0.15) is 6.29 Å². The monoisotopic (exact) mass is 186 g/mol. The number of carbonyl (C=O) groups is 1. The van der Waals surface area contributed by atoms with Crippen LogP contribution in [0.3, 0.4) is 0 Å². The van der Waals surface area contributed by atoms with Crippen molar-refractivity contribution in [3.63, 3.8) is 0 Å². The molecule has 1 aromatic carbocycles. The SMILES string of the molecule is O=CCC=Cc1cccc2[nH]ncc12. The largest absolute Gasteiger partial charge is 0.303 e. The van der Waals surface area contributed by atoms with Crippen LogP contribution in [-0.4, -0.2) is 16.5 Å². The zero-order chi connectivity index (χ0) is 9.80. The topological polar surface area (TPSA) is 45.8 Å². The molecule has 0 saturated carbocycles. The van der Waals surface area contributed by atoms with Crippen LogP contribution in [-0.2, 0) is 4.79 Å². The molecule has 0 aliphatic heterocycles. The van der Waals surface area contributed by atoms with E-state index in [-0.39, 0.29) is 0 Å². The van der Waals surface area contributed by atoms with E-state index in [0.29, 0.717) is 6.42 Å². The van der Waals surface area contributed by atoms with Crippen LogP contribution in [0.1, 0.15) is 12.0 Å². The average molecular weight is 186 g/mol. The number of allylic oxidation sites excluding steroid dienone is 1. The van der Waals surface area contributed by atoms with Crippen molar-refractivity contribution in [2.75, 3.05) is 0 Å². The third-order valence-electron chi connectivity index (χ3n) is 2.05. The van der Waals surface area contributed by atoms with E-state index >= 15 is 0 Å². The minimum atomic E-state index is 0.453. The van der Waals surface area contributed by atoms with Crippen LogP contribution in [0, 0.1) is 0 Å². The molecule has 70 valence electrons. The van der Waals surface area contributed by atoms with Gasteiger partial charge in [-0.15, -0.1) is 0 Å². The highest BCUT2D eigenvalue weighted by Gasteiger charge is 1.97. The first-order chi connectivity index (χ1) is 6.92. The number of hydrogen-bond donors (Lipinski definition) is 1. The summed E-state index contributed by atoms with van der Waals surface area (Å²) in [5, 5.41) is 7.94. The predicted molar refractivity (Wildman–Crippen MR) is 55.8 cm³/mol. The third kappa shape index (κ3) is 1.57. The highest BCUT2D eigenvalue weighted by atomic mass is 16.1. The molecular weight excluding hydrogens is 176 g/mol. The van der Waals surface area contributed by atoms with Crippen LogP contribution in [0.25, 0.3) is 17.0 Å². The van der Waals surface area contributed by atoms with Gasteiger partial charge in [0.25, 0.3) is 0 Å². The van der Waals surface area contributed by atoms with Gasteiger partial charge in [0.05, 0.1) is 11.7 Å². The third-order valence-corrected chi connectivity index (χ3v) is 2.05. The minimum Gasteiger partial charge on any atom is -0.303 e. The van der Waals surface area contributed by atoms with Gasteiger partial charge < -0.3 is 4.79 Å². The van der Waals surface area contributed by atoms with Gasteiger partial charge in [-0.05, 0) is 11.6 Å². The van der Waals surface area contributed by atoms with E-state index in [1.54, 1.807) is 6.20 Å². The molecule has 1 aromatic heterocycles. The summed E-state index contributed by atoms with van der Waals surface area (Å²) in [6.45, 7) is 0. The number of nitrogens with zero attached hydrogens (tertiary/aromatic N) is 1. The first kappa shape index (κ1) is 8.69. The number of fused-ring (bicyclic) bond motifs is 1. The lowest BCUT2D eigenvalue weighted by atomic mass is 10.1. The van der Waals surface area contributed by atoms with Crippen molar-refractivity contribution in [2.45, 2.75) is 6.42 Å². The average Bonchev–Trinajstić information content (AvgIpc) is 2.67. The predicted octanol–water partition coefficient (Wildman–Crippen LogP) is 2.17. The summed E-state index contributed by atoms with van der Waals surface area (Å²) in [5.74, 6) is 0. The fourth-order valence-electron chi connectivity index (χ4n) is 1.39. The van der Waals surface area contributed by atoms with Gasteiger partial charge >= 0.3 is 0 Å². The van der Waals surface area contributed by atoms with Crippen LogP contribution in [0.15, 0.2) is 30.5 Å². The molecule has 0 aliphatic rings. The van der Waals surface area contributed by atoms with Gasteiger partial charge in [-0.1, -0.05) is 24.3 Å². The van der Waals surface area contributed by atoms with Crippen LogP contribution < -0.4 is 0 Å². The second-order valence-electron chi connectivity index (χ2n) is 2.98. The summed E-state index contributed by atoms with van der Waals surface area (Å²) in [5.41, 5.74) is 2.09. The fraction of sp³-hybridized carbons (Fsp3) is 0.0909. The van der Waals surface area contributed by atoms with Crippen LogP contribution in [0.4, 0.5) is 0 Å². The van der Waals surface area contributed by atoms with E-state index < -0.39 is 0 Å². The van der Waals surface area contributed by atoms with Crippen molar-refractivity contribution >= 4 is 23.3 Å². The lowest BCUT2D eigenvalue weighted by Gasteiger charge is -1.94. The first-order valence-electron chi connectivity index (χ1n) is 4.44. The Hall–Kier alpha value is -1.90. The van der Waals surface area contributed by atoms with Gasteiger partial charge in [-0.25, -0.2) is 0 Å². The molecule has 3 heteroatoms. The van der Waals surface area contributed by atoms with E-state index in [1.807, 2.05) is 30.4 Å². The van der Waals surface area contributed by atoms with Gasteiger partial charge in [0.2, 0.25) is 0 Å². The van der Waals surface area contributed by atoms with Gasteiger partial charge in [-0.3, -0.25) is 5.10 Å². The molecule has 3 nitrogen and oxygen atoms in total. The van der Waals surface area contributed by atoms with Gasteiger partial charge in [0, 0.05) is 11.8 Å². The smallest absolute Gasteiger partial charge is 0.123 e. The van der Waals surface area contributed by atoms with Crippen molar-refractivity contribution < 1.29 is 4.79 Å². The Morgan fingerprint density at radius 3 is 3.21 bits per heavy atom. The molecule has 0 bridgehead atoms. The normalized spacial score (nSPS) is 11.1. The summed E-state index contributed by atoms with van der Waals surface area (Å²) >= 11 is 0. The molecule has 0 atom stereocenters. The molecule has 2 aromatic rings. The van der Waals surface area contributed by atoms with Crippen molar-refractivity contribution in [2.24, 2.45) is 0 Å². The second kappa shape index (κ2) is 3.87. The minimum absolute atomic E-state index is 0.453. The van der Waals surface area contributed by atoms with E-state index in [1.165, 1.54) is 0 Å². The number of benzene rings is 1. The molecule has 1 N–H and O–H groups in total. The van der Waals surface area contributed by atoms with Crippen molar-refractivity contribution in [3.8, 4) is 0 Å². The first-order valence-corrected chi connectivity index (χ1v) is 4.44. The molecule has 0 fully saturated rings. The number of nitrogens with one attached hydrogen (secondary N) is 1. The molecule has 0 spiro atoms. The number of H-pyrrole nitrogens is 1. The lowest BCUT2D eigenvalue weighted by Crippen LogP contribution is -1.74. The summed E-state index contributed by atoms with van der Waals surface area (Å²) in [4.78, 5) is 10.1. The maximum Gasteiger partial charge on any atom is 0.123 e. The van der Waals surface area contributed by atoms with E-state index in [9.17, 15) is 4.79 Å². The van der Waals surface area contributed by atoms with Crippen LogP contribution >= 0.6 is 0 Å². The molecule has 0 aliphatic carbocycles. The Kier molecular flexibility index (Phi) is 2.40. The number of carbonyl (C=O) groups excluding carboxylic acids is 1. The van der Waals surface area contributed by atoms with Gasteiger partial charge in [0.15, 0.2) is 0 Å². The quantitative estimate of drug-likeness (QED) is 0.746. The lowest BCUT2D eigenvalue weighted by molar-refractivity contribution is -0.107. The molecule has 0 saturated heterocycles. The van der Waals surface area contributed by atoms with Gasteiger partial charge in [-0.2, -0.15) is 5.10 Å². The Morgan fingerprint density at radius 1 is 1.43 bits per heavy atom. The maximum atomic E-state index is 10.1. The number of aromatic nitrogens is 2. The van der Waals surface area contributed by atoms with Crippen molar-refractivity contribution in [1.82, 2.24) is 10.2 Å². The van der Waals surface area contributed by atoms with E-state index in [0.717, 1.165) is 22.8 Å². The fourth-order valence-corrected chi connectivity index (χ4v) is 1.39.